The first-order valence-corrected chi connectivity index (χ1v) is 23.0. The van der Waals surface area contributed by atoms with Crippen molar-refractivity contribution in [1.82, 2.24) is 4.98 Å². The zero-order chi connectivity index (χ0) is 43.3. The largest absolute Gasteiger partial charge is 0.467 e. The molecule has 2 atom stereocenters. The standard InChI is InChI=1S/C57H63N3O2/c1-36(2)45-23-18-24-46(37(3)4)52(45)40-31-41(55-59-53(38-19-12-10-13-20-38)54(62-55)39-21-14-11-15-22-39)33-44(32-40)61-43-27-28-48-50(35-43)60(49-26-17-16-25-47(49)57(48,8)9)51-34-42(29-30-58-51)56(5,6)7/h11,14-18,21-38,53-54H,10,12-13,19-20H2,1-9H3/t53-,54-/m1/s1. The first-order chi connectivity index (χ1) is 29.8. The van der Waals surface area contributed by atoms with E-state index in [1.807, 2.05) is 6.20 Å². The van der Waals surface area contributed by atoms with Gasteiger partial charge in [0, 0.05) is 23.2 Å². The molecule has 0 amide bonds. The molecular formula is C57H63N3O2. The van der Waals surface area contributed by atoms with Gasteiger partial charge in [0.1, 0.15) is 23.4 Å². The van der Waals surface area contributed by atoms with E-state index in [1.165, 1.54) is 71.0 Å². The van der Waals surface area contributed by atoms with E-state index in [0.29, 0.717) is 23.7 Å². The second-order valence-corrected chi connectivity index (χ2v) is 20.1. The summed E-state index contributed by atoms with van der Waals surface area (Å²) >= 11 is 0. The van der Waals surface area contributed by atoms with E-state index in [-0.39, 0.29) is 23.0 Å². The summed E-state index contributed by atoms with van der Waals surface area (Å²) in [4.78, 5) is 12.9. The van der Waals surface area contributed by atoms with Crippen molar-refractivity contribution in [3.05, 3.63) is 166 Å². The number of para-hydroxylation sites is 1. The number of hydrogen-bond acceptors (Lipinski definition) is 5. The van der Waals surface area contributed by atoms with Crippen molar-refractivity contribution in [1.29, 1.82) is 0 Å². The van der Waals surface area contributed by atoms with E-state index in [9.17, 15) is 0 Å². The Labute approximate surface area is 370 Å². The van der Waals surface area contributed by atoms with Crippen LogP contribution in [0.25, 0.3) is 11.1 Å². The number of ether oxygens (including phenoxy) is 2. The third-order valence-corrected chi connectivity index (χ3v) is 13.7. The summed E-state index contributed by atoms with van der Waals surface area (Å²) in [7, 11) is 0. The summed E-state index contributed by atoms with van der Waals surface area (Å²) in [5, 5.41) is 0. The Morgan fingerprint density at radius 3 is 2.06 bits per heavy atom. The van der Waals surface area contributed by atoms with Crippen LogP contribution < -0.4 is 9.64 Å². The number of fused-ring (bicyclic) bond motifs is 2. The fraction of sp³-hybridized carbons (Fsp3) is 0.368. The zero-order valence-corrected chi connectivity index (χ0v) is 38.2. The minimum absolute atomic E-state index is 0.0305. The highest BCUT2D eigenvalue weighted by molar-refractivity contribution is 5.98. The SMILES string of the molecule is CC(C)c1cccc(C(C)C)c1-c1cc(Oc2ccc3c(c2)N(c2cc(C(C)(C)C)ccn2)c2ccccc2C3(C)C)cc(C2=N[C@H](C3CCCCC3)[C@@H](c3ccccc3)O2)c1. The molecular weight excluding hydrogens is 759 g/mol. The van der Waals surface area contributed by atoms with Gasteiger partial charge in [-0.15, -0.1) is 0 Å². The van der Waals surface area contributed by atoms with Crippen LogP contribution >= 0.6 is 0 Å². The van der Waals surface area contributed by atoms with Crippen LogP contribution in [-0.2, 0) is 15.6 Å². The molecule has 0 saturated heterocycles. The smallest absolute Gasteiger partial charge is 0.217 e. The van der Waals surface area contributed by atoms with E-state index >= 15 is 0 Å². The highest BCUT2D eigenvalue weighted by Gasteiger charge is 2.40. The monoisotopic (exact) mass is 821 g/mol. The van der Waals surface area contributed by atoms with Crippen LogP contribution in [0.1, 0.15) is 151 Å². The van der Waals surface area contributed by atoms with E-state index < -0.39 is 0 Å². The van der Waals surface area contributed by atoms with E-state index in [2.05, 4.69) is 189 Å². The van der Waals surface area contributed by atoms with Crippen molar-refractivity contribution in [2.75, 3.05) is 4.90 Å². The third kappa shape index (κ3) is 7.84. The Bertz CT molecular complexity index is 2580. The molecule has 1 saturated carbocycles. The van der Waals surface area contributed by atoms with Gasteiger partial charge in [0.15, 0.2) is 0 Å². The normalized spacial score (nSPS) is 18.6. The topological polar surface area (TPSA) is 47.0 Å². The molecule has 2 aliphatic heterocycles. The molecule has 9 rings (SSSR count). The maximum absolute atomic E-state index is 7.12. The summed E-state index contributed by atoms with van der Waals surface area (Å²) in [6, 6.07) is 44.0. The average molecular weight is 822 g/mol. The predicted octanol–water partition coefficient (Wildman–Crippen LogP) is 15.7. The number of rotatable bonds is 9. The lowest BCUT2D eigenvalue weighted by Gasteiger charge is -2.41. The van der Waals surface area contributed by atoms with Crippen LogP contribution in [0, 0.1) is 5.92 Å². The molecule has 6 aromatic rings. The predicted molar refractivity (Wildman–Crippen MR) is 257 cm³/mol. The van der Waals surface area contributed by atoms with Crippen molar-refractivity contribution >= 4 is 23.1 Å². The molecule has 3 heterocycles. The Morgan fingerprint density at radius 1 is 0.677 bits per heavy atom. The molecule has 5 heteroatoms. The molecule has 1 aliphatic carbocycles. The van der Waals surface area contributed by atoms with Crippen LogP contribution in [0.2, 0.25) is 0 Å². The molecule has 318 valence electrons. The fourth-order valence-corrected chi connectivity index (χ4v) is 10.3. The lowest BCUT2D eigenvalue weighted by atomic mass is 9.73. The minimum Gasteiger partial charge on any atom is -0.467 e. The van der Waals surface area contributed by atoms with Gasteiger partial charge in [-0.25, -0.2) is 9.98 Å². The van der Waals surface area contributed by atoms with Crippen molar-refractivity contribution in [3.63, 3.8) is 0 Å². The van der Waals surface area contributed by atoms with Gasteiger partial charge >= 0.3 is 0 Å². The average Bonchev–Trinajstić information content (AvgIpc) is 3.72. The number of pyridine rings is 1. The van der Waals surface area contributed by atoms with Gasteiger partial charge < -0.3 is 9.47 Å². The highest BCUT2D eigenvalue weighted by Crippen LogP contribution is 2.53. The molecule has 1 fully saturated rings. The number of aliphatic imine (C=N–C) groups is 1. The molecule has 0 unspecified atom stereocenters. The minimum atomic E-state index is -0.244. The van der Waals surface area contributed by atoms with E-state index in [1.54, 1.807) is 0 Å². The fourth-order valence-electron chi connectivity index (χ4n) is 10.3. The maximum Gasteiger partial charge on any atom is 0.217 e. The van der Waals surface area contributed by atoms with Crippen molar-refractivity contribution in [2.45, 2.75) is 129 Å². The molecule has 0 bridgehead atoms. The quantitative estimate of drug-likeness (QED) is 0.146. The second-order valence-electron chi connectivity index (χ2n) is 20.1. The lowest BCUT2D eigenvalue weighted by molar-refractivity contribution is 0.150. The summed E-state index contributed by atoms with van der Waals surface area (Å²) in [5.74, 6) is 4.27. The summed E-state index contributed by atoms with van der Waals surface area (Å²) in [5.41, 5.74) is 12.8. The summed E-state index contributed by atoms with van der Waals surface area (Å²) in [6.45, 7) is 20.6. The van der Waals surface area contributed by atoms with Crippen molar-refractivity contribution in [2.24, 2.45) is 10.9 Å². The Kier molecular flexibility index (Phi) is 11.1. The molecule has 1 aromatic heterocycles. The molecule has 62 heavy (non-hydrogen) atoms. The third-order valence-electron chi connectivity index (χ3n) is 13.7. The van der Waals surface area contributed by atoms with Gasteiger partial charge in [-0.1, -0.05) is 154 Å². The van der Waals surface area contributed by atoms with Gasteiger partial charge in [0.25, 0.3) is 0 Å². The van der Waals surface area contributed by atoms with Crippen molar-refractivity contribution < 1.29 is 9.47 Å². The van der Waals surface area contributed by atoms with Gasteiger partial charge in [-0.3, -0.25) is 4.90 Å². The maximum atomic E-state index is 7.12. The van der Waals surface area contributed by atoms with Gasteiger partial charge in [0.2, 0.25) is 5.90 Å². The summed E-state index contributed by atoms with van der Waals surface area (Å²) < 4.78 is 14.2. The van der Waals surface area contributed by atoms with Crippen LogP contribution in [0.5, 0.6) is 11.5 Å². The van der Waals surface area contributed by atoms with Gasteiger partial charge in [-0.05, 0) is 123 Å². The number of hydrogen-bond donors (Lipinski definition) is 0. The molecule has 0 spiro atoms. The van der Waals surface area contributed by atoms with Crippen LogP contribution in [-0.4, -0.2) is 16.9 Å². The lowest BCUT2D eigenvalue weighted by Crippen LogP contribution is -2.31. The first kappa shape index (κ1) is 41.7. The van der Waals surface area contributed by atoms with E-state index in [4.69, 9.17) is 19.5 Å². The van der Waals surface area contributed by atoms with Gasteiger partial charge in [0.05, 0.1) is 17.4 Å². The Morgan fingerprint density at radius 2 is 1.35 bits per heavy atom. The highest BCUT2D eigenvalue weighted by atomic mass is 16.5. The number of anilines is 3. The molecule has 0 radical (unpaired) electrons. The number of benzene rings is 5. The number of nitrogens with zero attached hydrogens (tertiary/aromatic N) is 3. The zero-order valence-electron chi connectivity index (χ0n) is 38.2. The summed E-state index contributed by atoms with van der Waals surface area (Å²) in [6.07, 6.45) is 8.01. The first-order valence-electron chi connectivity index (χ1n) is 23.0. The molecule has 5 aromatic carbocycles. The van der Waals surface area contributed by atoms with Crippen LogP contribution in [0.15, 0.2) is 133 Å². The van der Waals surface area contributed by atoms with Crippen LogP contribution in [0.3, 0.4) is 0 Å². The van der Waals surface area contributed by atoms with Crippen molar-refractivity contribution in [3.8, 4) is 22.6 Å². The number of aromatic nitrogens is 1. The molecule has 3 aliphatic rings. The van der Waals surface area contributed by atoms with Gasteiger partial charge in [-0.2, -0.15) is 0 Å². The Balaban J connectivity index is 1.19. The second kappa shape index (κ2) is 16.5. The van der Waals surface area contributed by atoms with Crippen LogP contribution in [0.4, 0.5) is 17.2 Å². The Hall–Kier alpha value is -5.68. The molecule has 0 N–H and O–H groups in total. The molecule has 5 nitrogen and oxygen atoms in total. The van der Waals surface area contributed by atoms with E-state index in [0.717, 1.165) is 39.8 Å².